The van der Waals surface area contributed by atoms with Gasteiger partial charge in [-0.2, -0.15) is 0 Å². The Morgan fingerprint density at radius 1 is 1.13 bits per heavy atom. The molecule has 0 spiro atoms. The molecule has 1 aromatic carbocycles. The summed E-state index contributed by atoms with van der Waals surface area (Å²) in [6.07, 6.45) is 5.61. The van der Waals surface area contributed by atoms with E-state index in [1.165, 1.54) is 19.3 Å². The largest absolute Gasteiger partial charge is 0.357 e. The van der Waals surface area contributed by atoms with E-state index in [-0.39, 0.29) is 5.91 Å². The number of hydrogen-bond donors (Lipinski definition) is 1. The summed E-state index contributed by atoms with van der Waals surface area (Å²) in [6.45, 7) is 2.60. The third-order valence-electron chi connectivity index (χ3n) is 4.06. The highest BCUT2D eigenvalue weighted by atomic mass is 35.5. The average molecular weight is 330 g/mol. The summed E-state index contributed by atoms with van der Waals surface area (Å²) in [5, 5.41) is 3.34. The van der Waals surface area contributed by atoms with Crippen molar-refractivity contribution in [2.75, 3.05) is 18.0 Å². The lowest BCUT2D eigenvalue weighted by molar-refractivity contribution is 0.0951. The highest BCUT2D eigenvalue weighted by Crippen LogP contribution is 2.18. The molecule has 4 nitrogen and oxygen atoms in total. The Bertz CT molecular complexity index is 666. The number of halogens is 1. The van der Waals surface area contributed by atoms with Crippen molar-refractivity contribution in [3.8, 4) is 0 Å². The minimum absolute atomic E-state index is 0.171. The predicted octanol–water partition coefficient (Wildman–Crippen LogP) is 3.66. The van der Waals surface area contributed by atoms with E-state index < -0.39 is 0 Å². The van der Waals surface area contributed by atoms with Crippen LogP contribution in [-0.2, 0) is 6.54 Å². The molecule has 1 amide bonds. The van der Waals surface area contributed by atoms with Crippen molar-refractivity contribution in [1.82, 2.24) is 10.3 Å². The fraction of sp³-hybridized carbons (Fsp3) is 0.333. The smallest absolute Gasteiger partial charge is 0.253 e. The lowest BCUT2D eigenvalue weighted by Gasteiger charge is -2.27. The highest BCUT2D eigenvalue weighted by Gasteiger charge is 2.12. The zero-order chi connectivity index (χ0) is 16.1. The number of anilines is 1. The molecule has 0 bridgehead atoms. The van der Waals surface area contributed by atoms with Crippen molar-refractivity contribution >= 4 is 23.3 Å². The van der Waals surface area contributed by atoms with Gasteiger partial charge in [0.05, 0.1) is 10.6 Å². The van der Waals surface area contributed by atoms with Crippen LogP contribution in [0, 0.1) is 0 Å². The maximum Gasteiger partial charge on any atom is 0.253 e. The third-order valence-corrected chi connectivity index (χ3v) is 4.39. The minimum atomic E-state index is -0.171. The summed E-state index contributed by atoms with van der Waals surface area (Å²) in [7, 11) is 0. The number of carbonyl (C=O) groups is 1. The Balaban J connectivity index is 1.58. The topological polar surface area (TPSA) is 45.2 Å². The summed E-state index contributed by atoms with van der Waals surface area (Å²) in [5.41, 5.74) is 1.47. The summed E-state index contributed by atoms with van der Waals surface area (Å²) in [5.74, 6) is 0.849. The Morgan fingerprint density at radius 3 is 2.61 bits per heavy atom. The van der Waals surface area contributed by atoms with E-state index in [4.69, 9.17) is 11.6 Å². The standard InChI is InChI=1S/C18H20ClN3O/c19-16-7-3-2-6-15(16)18(23)21-13-14-8-9-17(20-12-14)22-10-4-1-5-11-22/h2-3,6-9,12H,1,4-5,10-11,13H2,(H,21,23). The Kier molecular flexibility index (Phi) is 5.13. The molecule has 120 valence electrons. The molecule has 3 rings (SSSR count). The molecule has 0 radical (unpaired) electrons. The summed E-state index contributed by atoms with van der Waals surface area (Å²) in [4.78, 5) is 19.0. The molecule has 1 fully saturated rings. The van der Waals surface area contributed by atoms with Crippen molar-refractivity contribution < 1.29 is 4.79 Å². The van der Waals surface area contributed by atoms with Crippen molar-refractivity contribution in [3.63, 3.8) is 0 Å². The number of nitrogens with zero attached hydrogens (tertiary/aromatic N) is 2. The minimum Gasteiger partial charge on any atom is -0.357 e. The number of carbonyl (C=O) groups excluding carboxylic acids is 1. The van der Waals surface area contributed by atoms with Crippen LogP contribution < -0.4 is 10.2 Å². The summed E-state index contributed by atoms with van der Waals surface area (Å²) >= 11 is 6.03. The van der Waals surface area contributed by atoms with E-state index in [1.54, 1.807) is 18.2 Å². The van der Waals surface area contributed by atoms with Gasteiger partial charge in [-0.1, -0.05) is 29.8 Å². The first-order chi connectivity index (χ1) is 11.2. The number of benzene rings is 1. The number of hydrogen-bond acceptors (Lipinski definition) is 3. The van der Waals surface area contributed by atoms with Gasteiger partial charge in [-0.3, -0.25) is 4.79 Å². The van der Waals surface area contributed by atoms with Gasteiger partial charge in [0.25, 0.3) is 5.91 Å². The van der Waals surface area contributed by atoms with E-state index in [0.29, 0.717) is 17.1 Å². The van der Waals surface area contributed by atoms with E-state index in [9.17, 15) is 4.79 Å². The van der Waals surface area contributed by atoms with E-state index in [2.05, 4.69) is 15.2 Å². The number of nitrogens with one attached hydrogen (secondary N) is 1. The monoisotopic (exact) mass is 329 g/mol. The van der Waals surface area contributed by atoms with Gasteiger partial charge >= 0.3 is 0 Å². The fourth-order valence-electron chi connectivity index (χ4n) is 2.75. The molecule has 1 N–H and O–H groups in total. The van der Waals surface area contributed by atoms with Gasteiger partial charge < -0.3 is 10.2 Å². The van der Waals surface area contributed by atoms with Crippen LogP contribution in [0.15, 0.2) is 42.6 Å². The van der Waals surface area contributed by atoms with Crippen LogP contribution >= 0.6 is 11.6 Å². The van der Waals surface area contributed by atoms with Crippen LogP contribution in [0.25, 0.3) is 0 Å². The zero-order valence-electron chi connectivity index (χ0n) is 13.0. The van der Waals surface area contributed by atoms with E-state index in [0.717, 1.165) is 24.5 Å². The van der Waals surface area contributed by atoms with E-state index in [1.807, 2.05) is 24.4 Å². The lowest BCUT2D eigenvalue weighted by atomic mass is 10.1. The molecular formula is C18H20ClN3O. The highest BCUT2D eigenvalue weighted by molar-refractivity contribution is 6.33. The Morgan fingerprint density at radius 2 is 1.91 bits per heavy atom. The molecule has 5 heteroatoms. The first-order valence-corrected chi connectivity index (χ1v) is 8.34. The third kappa shape index (κ3) is 4.02. The van der Waals surface area contributed by atoms with Gasteiger partial charge in [0.15, 0.2) is 0 Å². The Labute approximate surface area is 141 Å². The fourth-order valence-corrected chi connectivity index (χ4v) is 2.98. The van der Waals surface area contributed by atoms with Crippen molar-refractivity contribution in [2.24, 2.45) is 0 Å². The number of piperidine rings is 1. The molecule has 1 aliphatic rings. The molecule has 2 heterocycles. The van der Waals surface area contributed by atoms with Gasteiger partial charge in [-0.15, -0.1) is 0 Å². The normalized spacial score (nSPS) is 14.6. The average Bonchev–Trinajstić information content (AvgIpc) is 2.61. The molecular weight excluding hydrogens is 310 g/mol. The maximum atomic E-state index is 12.1. The summed E-state index contributed by atoms with van der Waals surface area (Å²) < 4.78 is 0. The molecule has 0 saturated carbocycles. The van der Waals surface area contributed by atoms with Crippen molar-refractivity contribution in [2.45, 2.75) is 25.8 Å². The zero-order valence-corrected chi connectivity index (χ0v) is 13.7. The summed E-state index contributed by atoms with van der Waals surface area (Å²) in [6, 6.07) is 11.1. The second kappa shape index (κ2) is 7.47. The Hall–Kier alpha value is -2.07. The number of pyridine rings is 1. The molecule has 0 unspecified atom stereocenters. The van der Waals surface area contributed by atoms with E-state index >= 15 is 0 Å². The van der Waals surface area contributed by atoms with Crippen LogP contribution in [0.1, 0.15) is 35.2 Å². The molecule has 0 aliphatic carbocycles. The first kappa shape index (κ1) is 15.8. The number of amides is 1. The second-order valence-corrected chi connectivity index (χ2v) is 6.14. The van der Waals surface area contributed by atoms with Crippen LogP contribution in [0.3, 0.4) is 0 Å². The molecule has 23 heavy (non-hydrogen) atoms. The lowest BCUT2D eigenvalue weighted by Crippen LogP contribution is -2.30. The molecule has 1 aromatic heterocycles. The van der Waals surface area contributed by atoms with Crippen LogP contribution in [0.2, 0.25) is 5.02 Å². The molecule has 0 atom stereocenters. The molecule has 1 aliphatic heterocycles. The maximum absolute atomic E-state index is 12.1. The quantitative estimate of drug-likeness (QED) is 0.931. The SMILES string of the molecule is O=C(NCc1ccc(N2CCCCC2)nc1)c1ccccc1Cl. The molecule has 1 saturated heterocycles. The number of aromatic nitrogens is 1. The van der Waals surface area contributed by atoms with Gasteiger partial charge in [0.2, 0.25) is 0 Å². The van der Waals surface area contributed by atoms with Crippen LogP contribution in [0.4, 0.5) is 5.82 Å². The number of rotatable bonds is 4. The van der Waals surface area contributed by atoms with Gasteiger partial charge in [0.1, 0.15) is 5.82 Å². The van der Waals surface area contributed by atoms with Gasteiger partial charge in [-0.25, -0.2) is 4.98 Å². The van der Waals surface area contributed by atoms with Crippen LogP contribution in [0.5, 0.6) is 0 Å². The predicted molar refractivity (Wildman–Crippen MR) is 92.9 cm³/mol. The molecule has 2 aromatic rings. The second-order valence-electron chi connectivity index (χ2n) is 5.73. The van der Waals surface area contributed by atoms with Gasteiger partial charge in [0, 0.05) is 25.8 Å². The van der Waals surface area contributed by atoms with Crippen LogP contribution in [-0.4, -0.2) is 24.0 Å². The van der Waals surface area contributed by atoms with Gasteiger partial charge in [-0.05, 0) is 43.0 Å². The first-order valence-electron chi connectivity index (χ1n) is 7.96. The van der Waals surface area contributed by atoms with Crippen molar-refractivity contribution in [1.29, 1.82) is 0 Å². The van der Waals surface area contributed by atoms with Crippen molar-refractivity contribution in [3.05, 3.63) is 58.7 Å².